The number of allylic oxidation sites excluding steroid dienone is 1. The fourth-order valence-corrected chi connectivity index (χ4v) is 12.9. The highest BCUT2D eigenvalue weighted by molar-refractivity contribution is 5.83. The van der Waals surface area contributed by atoms with E-state index in [1.807, 2.05) is 0 Å². The van der Waals surface area contributed by atoms with Crippen LogP contribution in [0.2, 0.25) is 0 Å². The molecule has 0 aromatic carbocycles. The Hall–Kier alpha value is -1.36. The van der Waals surface area contributed by atoms with Crippen molar-refractivity contribution in [1.29, 1.82) is 0 Å². The van der Waals surface area contributed by atoms with Crippen LogP contribution in [0.1, 0.15) is 138 Å². The lowest BCUT2D eigenvalue weighted by molar-refractivity contribution is -0.248. The van der Waals surface area contributed by atoms with Crippen LogP contribution in [0.15, 0.2) is 12.2 Å². The quantitative estimate of drug-likeness (QED) is 0.160. The number of unbranched alkanes of at least 4 members (excludes halogenated alkanes) is 3. The molecule has 10 atom stereocenters. The zero-order valence-corrected chi connectivity index (χ0v) is 28.8. The summed E-state index contributed by atoms with van der Waals surface area (Å²) >= 11 is 0. The third-order valence-electron chi connectivity index (χ3n) is 15.2. The van der Waals surface area contributed by atoms with E-state index >= 15 is 0 Å². The van der Waals surface area contributed by atoms with Crippen LogP contribution in [0, 0.1) is 56.7 Å². The molecule has 5 saturated carbocycles. The van der Waals surface area contributed by atoms with Gasteiger partial charge in [0.2, 0.25) is 5.91 Å². The molecule has 0 aromatic rings. The van der Waals surface area contributed by atoms with Gasteiger partial charge in [-0.1, -0.05) is 59.6 Å². The Morgan fingerprint density at radius 2 is 1.53 bits per heavy atom. The first-order valence-electron chi connectivity index (χ1n) is 18.0. The maximum Gasteiger partial charge on any atom is 0.302 e. The molecule has 0 unspecified atom stereocenters. The molecule has 5 aliphatic rings. The Morgan fingerprint density at radius 1 is 0.814 bits per heavy atom. The number of fused-ring (bicyclic) bond motifs is 7. The topological polar surface area (TPSA) is 81.4 Å². The second-order valence-electron chi connectivity index (χ2n) is 17.3. The monoisotopic (exact) mass is 596 g/mol. The van der Waals surface area contributed by atoms with E-state index in [4.69, 9.17) is 10.5 Å². The Labute approximate surface area is 263 Å². The van der Waals surface area contributed by atoms with Gasteiger partial charge in [0.15, 0.2) is 0 Å². The molecule has 5 heteroatoms. The van der Waals surface area contributed by atoms with Gasteiger partial charge in [0, 0.05) is 18.9 Å². The van der Waals surface area contributed by atoms with Gasteiger partial charge in [0.25, 0.3) is 0 Å². The van der Waals surface area contributed by atoms with Crippen LogP contribution in [0.25, 0.3) is 0 Å². The maximum atomic E-state index is 14.2. The van der Waals surface area contributed by atoms with Crippen LogP contribution in [0.3, 0.4) is 0 Å². The van der Waals surface area contributed by atoms with E-state index in [0.29, 0.717) is 35.5 Å². The van der Waals surface area contributed by atoms with Crippen LogP contribution in [-0.4, -0.2) is 31.1 Å². The molecule has 43 heavy (non-hydrogen) atoms. The lowest BCUT2D eigenvalue weighted by Gasteiger charge is -2.72. The minimum atomic E-state index is -0.237. The average Bonchev–Trinajstić information content (AvgIpc) is 3.34. The number of esters is 1. The first-order valence-corrected chi connectivity index (χ1v) is 18.0. The highest BCUT2D eigenvalue weighted by Gasteiger charge is 2.72. The van der Waals surface area contributed by atoms with Crippen LogP contribution in [0.4, 0.5) is 0 Å². The Bertz CT molecular complexity index is 1090. The molecule has 0 bridgehead atoms. The summed E-state index contributed by atoms with van der Waals surface area (Å²) in [6.45, 7) is 22.5. The summed E-state index contributed by atoms with van der Waals surface area (Å²) in [5.41, 5.74) is 7.43. The number of rotatable bonds is 9. The van der Waals surface area contributed by atoms with Crippen molar-refractivity contribution in [2.45, 2.75) is 144 Å². The summed E-state index contributed by atoms with van der Waals surface area (Å²) in [6, 6.07) is 0. The van der Waals surface area contributed by atoms with E-state index in [1.54, 1.807) is 6.92 Å². The first-order chi connectivity index (χ1) is 20.2. The van der Waals surface area contributed by atoms with Gasteiger partial charge >= 0.3 is 5.97 Å². The van der Waals surface area contributed by atoms with Crippen LogP contribution in [0.5, 0.6) is 0 Å². The predicted molar refractivity (Wildman–Crippen MR) is 175 cm³/mol. The molecule has 3 N–H and O–H groups in total. The zero-order chi connectivity index (χ0) is 31.4. The molecule has 0 heterocycles. The van der Waals surface area contributed by atoms with Crippen LogP contribution < -0.4 is 11.1 Å². The van der Waals surface area contributed by atoms with Gasteiger partial charge in [-0.25, -0.2) is 0 Å². The summed E-state index contributed by atoms with van der Waals surface area (Å²) in [6.07, 6.45) is 15.8. The summed E-state index contributed by atoms with van der Waals surface area (Å²) in [5, 5.41) is 3.46. The molecule has 5 rings (SSSR count). The Kier molecular flexibility index (Phi) is 9.04. The third-order valence-corrected chi connectivity index (χ3v) is 15.2. The van der Waals surface area contributed by atoms with Gasteiger partial charge in [-0.3, -0.25) is 9.59 Å². The van der Waals surface area contributed by atoms with E-state index in [0.717, 1.165) is 77.3 Å². The van der Waals surface area contributed by atoms with Crippen molar-refractivity contribution < 1.29 is 14.3 Å². The van der Waals surface area contributed by atoms with Gasteiger partial charge in [0.05, 0.1) is 5.41 Å². The van der Waals surface area contributed by atoms with Gasteiger partial charge in [-0.2, -0.15) is 0 Å². The highest BCUT2D eigenvalue weighted by atomic mass is 16.5. The first kappa shape index (κ1) is 33.0. The number of nitrogens with one attached hydrogen (secondary N) is 1. The second kappa shape index (κ2) is 11.8. The van der Waals surface area contributed by atoms with E-state index < -0.39 is 0 Å². The molecular formula is C38H64N2O3. The smallest absolute Gasteiger partial charge is 0.302 e. The molecule has 0 saturated heterocycles. The molecule has 0 radical (unpaired) electrons. The molecular weight excluding hydrogens is 532 g/mol. The number of carbonyl (C=O) groups excluding carboxylic acids is 2. The Morgan fingerprint density at radius 3 is 2.21 bits per heavy atom. The molecule has 0 spiro atoms. The summed E-state index contributed by atoms with van der Waals surface area (Å²) in [5.74, 6) is 2.84. The third kappa shape index (κ3) is 5.05. The van der Waals surface area contributed by atoms with E-state index in [1.165, 1.54) is 31.3 Å². The van der Waals surface area contributed by atoms with E-state index in [-0.39, 0.29) is 39.1 Å². The van der Waals surface area contributed by atoms with Crippen molar-refractivity contribution in [3.8, 4) is 0 Å². The lowest BCUT2D eigenvalue weighted by atomic mass is 9.32. The minimum Gasteiger partial charge on any atom is -0.462 e. The fourth-order valence-electron chi connectivity index (χ4n) is 12.9. The SMILES string of the molecule is C=C(C)[C@@H]1CC[C@]2(C(=O)NCCCCCCN)CC[C@]3(C)[C@H](CC[C@@H]4[C@@]5(C)CC[C@H](OC(C)=O)C(C)(C)[C@@H]5CC[C@]43C)[C@@H]12. The van der Waals surface area contributed by atoms with Gasteiger partial charge in [-0.15, -0.1) is 0 Å². The normalized spacial score (nSPS) is 44.7. The minimum absolute atomic E-state index is 0.0155. The number of nitrogens with two attached hydrogens (primary N) is 1. The standard InChI is InChI=1S/C38H64N2O3/c1-25(2)27-15-20-38(33(42)40-24-12-10-9-11-23-39)22-21-36(7)28(32(27)38)13-14-30-35(6)18-17-31(43-26(3)41)34(4,5)29(35)16-19-37(30,36)8/h27-32H,1,9-24,39H2,2-8H3,(H,40,42)/t27-,28+,29-,30+,31-,32+,35-,36+,37+,38-/m0/s1. The van der Waals surface area contributed by atoms with Gasteiger partial charge in [-0.05, 0) is 136 Å². The number of ether oxygens (including phenoxy) is 1. The zero-order valence-electron chi connectivity index (χ0n) is 28.8. The summed E-state index contributed by atoms with van der Waals surface area (Å²) in [4.78, 5) is 26.2. The maximum absolute atomic E-state index is 14.2. The van der Waals surface area contributed by atoms with Crippen molar-refractivity contribution in [2.75, 3.05) is 13.1 Å². The number of hydrogen-bond acceptors (Lipinski definition) is 4. The summed E-state index contributed by atoms with van der Waals surface area (Å²) < 4.78 is 5.94. The fraction of sp³-hybridized carbons (Fsp3) is 0.895. The number of amides is 1. The largest absolute Gasteiger partial charge is 0.462 e. The molecule has 5 nitrogen and oxygen atoms in total. The van der Waals surface area contributed by atoms with Crippen molar-refractivity contribution in [3.63, 3.8) is 0 Å². The molecule has 5 fully saturated rings. The molecule has 1 amide bonds. The van der Waals surface area contributed by atoms with E-state index in [2.05, 4.69) is 53.4 Å². The predicted octanol–water partition coefficient (Wildman–Crippen LogP) is 8.21. The molecule has 5 aliphatic carbocycles. The van der Waals surface area contributed by atoms with Crippen LogP contribution in [-0.2, 0) is 14.3 Å². The van der Waals surface area contributed by atoms with E-state index in [9.17, 15) is 9.59 Å². The number of carbonyl (C=O) groups is 2. The van der Waals surface area contributed by atoms with Crippen molar-refractivity contribution in [2.24, 2.45) is 62.4 Å². The highest BCUT2D eigenvalue weighted by Crippen LogP contribution is 2.77. The van der Waals surface area contributed by atoms with Crippen molar-refractivity contribution in [3.05, 3.63) is 12.2 Å². The summed E-state index contributed by atoms with van der Waals surface area (Å²) in [7, 11) is 0. The second-order valence-corrected chi connectivity index (χ2v) is 17.3. The molecule has 0 aromatic heterocycles. The molecule has 244 valence electrons. The van der Waals surface area contributed by atoms with Gasteiger partial charge in [0.1, 0.15) is 6.10 Å². The number of hydrogen-bond donors (Lipinski definition) is 2. The average molecular weight is 597 g/mol. The molecule has 0 aliphatic heterocycles. The van der Waals surface area contributed by atoms with Crippen molar-refractivity contribution in [1.82, 2.24) is 5.32 Å². The van der Waals surface area contributed by atoms with Crippen molar-refractivity contribution >= 4 is 11.9 Å². The van der Waals surface area contributed by atoms with Gasteiger partial charge < -0.3 is 15.8 Å². The Balaban J connectivity index is 1.41. The van der Waals surface area contributed by atoms with Crippen LogP contribution >= 0.6 is 0 Å². The lowest BCUT2D eigenvalue weighted by Crippen LogP contribution is -2.67.